The summed E-state index contributed by atoms with van der Waals surface area (Å²) in [6.07, 6.45) is -0.423. The molecule has 1 amide bonds. The van der Waals surface area contributed by atoms with Gasteiger partial charge in [-0.15, -0.1) is 0 Å². The van der Waals surface area contributed by atoms with Gasteiger partial charge in [0.1, 0.15) is 6.10 Å². The van der Waals surface area contributed by atoms with E-state index in [-0.39, 0.29) is 40.3 Å². The molecule has 220 valence electrons. The Balaban J connectivity index is 1.70. The number of fused-ring (bicyclic) bond motifs is 1. The number of carbonyl (C=O) groups is 1. The smallest absolute Gasteiger partial charge is 0.262 e. The Labute approximate surface area is 251 Å². The van der Waals surface area contributed by atoms with Crippen LogP contribution in [0, 0.1) is 12.8 Å². The Bertz CT molecular complexity index is 1500. The van der Waals surface area contributed by atoms with Crippen LogP contribution in [0.4, 0.5) is 5.69 Å². The predicted octanol–water partition coefficient (Wildman–Crippen LogP) is 5.45. The van der Waals surface area contributed by atoms with Gasteiger partial charge in [0.25, 0.3) is 15.9 Å². The highest BCUT2D eigenvalue weighted by Gasteiger charge is 2.35. The molecule has 4 rings (SSSR count). The molecule has 0 spiro atoms. The molecule has 0 saturated carbocycles. The highest BCUT2D eigenvalue weighted by molar-refractivity contribution is 7.92. The Morgan fingerprint density at radius 2 is 1.83 bits per heavy atom. The highest BCUT2D eigenvalue weighted by Crippen LogP contribution is 2.36. The lowest BCUT2D eigenvalue weighted by Gasteiger charge is -2.38. The van der Waals surface area contributed by atoms with Crippen LogP contribution in [-0.2, 0) is 16.6 Å². The second-order valence-corrected chi connectivity index (χ2v) is 13.2. The molecule has 3 aromatic rings. The van der Waals surface area contributed by atoms with Gasteiger partial charge in [-0.05, 0) is 62.9 Å². The number of amides is 1. The lowest BCUT2D eigenvalue weighted by molar-refractivity contribution is 0.0344. The molecule has 41 heavy (non-hydrogen) atoms. The first-order chi connectivity index (χ1) is 19.4. The van der Waals surface area contributed by atoms with Crippen molar-refractivity contribution in [2.24, 2.45) is 5.92 Å². The maximum atomic E-state index is 13.7. The summed E-state index contributed by atoms with van der Waals surface area (Å²) in [5.41, 5.74) is 2.29. The van der Waals surface area contributed by atoms with Gasteiger partial charge in [0, 0.05) is 25.6 Å². The summed E-state index contributed by atoms with van der Waals surface area (Å²) in [5, 5.41) is 10.9. The van der Waals surface area contributed by atoms with Crippen LogP contribution in [-0.4, -0.2) is 68.1 Å². The van der Waals surface area contributed by atoms with E-state index in [1.54, 1.807) is 48.2 Å². The minimum atomic E-state index is -3.97. The molecule has 0 aliphatic carbocycles. The fourth-order valence-corrected chi connectivity index (χ4v) is 6.17. The molecule has 0 saturated heterocycles. The average Bonchev–Trinajstić information content (AvgIpc) is 2.92. The molecule has 0 bridgehead atoms. The van der Waals surface area contributed by atoms with E-state index >= 15 is 0 Å². The molecule has 8 nitrogen and oxygen atoms in total. The van der Waals surface area contributed by atoms with E-state index in [0.717, 1.165) is 11.1 Å². The number of nitrogens with one attached hydrogen (secondary N) is 1. The van der Waals surface area contributed by atoms with E-state index in [2.05, 4.69) is 9.62 Å². The first kappa shape index (κ1) is 31.1. The molecular formula is C30H35Cl2N3O5S. The first-order valence-corrected chi connectivity index (χ1v) is 15.6. The van der Waals surface area contributed by atoms with Crippen LogP contribution in [0.1, 0.15) is 35.3 Å². The molecule has 3 aromatic carbocycles. The fraction of sp³-hybridized carbons (Fsp3) is 0.367. The maximum absolute atomic E-state index is 13.7. The second-order valence-electron chi connectivity index (χ2n) is 10.7. The monoisotopic (exact) mass is 619 g/mol. The lowest BCUT2D eigenvalue weighted by atomic mass is 9.99. The van der Waals surface area contributed by atoms with Crippen LogP contribution in [0.25, 0.3) is 0 Å². The van der Waals surface area contributed by atoms with Crippen LogP contribution in [0.5, 0.6) is 5.75 Å². The van der Waals surface area contributed by atoms with Crippen molar-refractivity contribution in [3.63, 3.8) is 0 Å². The van der Waals surface area contributed by atoms with Gasteiger partial charge in [-0.1, -0.05) is 60.0 Å². The number of likely N-dealkylation sites (N-methyl/N-ethyl adjacent to an activating group) is 1. The van der Waals surface area contributed by atoms with Crippen LogP contribution >= 0.6 is 23.2 Å². The minimum Gasteiger partial charge on any atom is -0.486 e. The normalized spacial score (nSPS) is 18.3. The third-order valence-corrected chi connectivity index (χ3v) is 9.32. The van der Waals surface area contributed by atoms with Gasteiger partial charge in [0.05, 0.1) is 38.8 Å². The highest BCUT2D eigenvalue weighted by atomic mass is 35.5. The van der Waals surface area contributed by atoms with Crippen LogP contribution in [0.3, 0.4) is 0 Å². The topological polar surface area (TPSA) is 99.2 Å². The summed E-state index contributed by atoms with van der Waals surface area (Å²) in [5.74, 6) is -0.339. The molecule has 0 aromatic heterocycles. The Hall–Kier alpha value is -2.82. The number of anilines is 1. The number of sulfonamides is 1. The zero-order valence-electron chi connectivity index (χ0n) is 23.5. The molecule has 1 heterocycles. The van der Waals surface area contributed by atoms with Gasteiger partial charge in [0.15, 0.2) is 5.75 Å². The van der Waals surface area contributed by atoms with Gasteiger partial charge in [-0.3, -0.25) is 14.4 Å². The number of nitrogens with zero attached hydrogens (tertiary/aromatic N) is 2. The number of aliphatic hydroxyl groups is 1. The van der Waals surface area contributed by atoms with E-state index < -0.39 is 22.2 Å². The number of aryl methyl sites for hydroxylation is 1. The summed E-state index contributed by atoms with van der Waals surface area (Å²) in [4.78, 5) is 17.5. The molecular weight excluding hydrogens is 585 g/mol. The lowest BCUT2D eigenvalue weighted by Crippen LogP contribution is -2.49. The molecule has 11 heteroatoms. The predicted molar refractivity (Wildman–Crippen MR) is 162 cm³/mol. The zero-order chi connectivity index (χ0) is 29.9. The van der Waals surface area contributed by atoms with Gasteiger partial charge < -0.3 is 14.7 Å². The summed E-state index contributed by atoms with van der Waals surface area (Å²) < 4.78 is 35.8. The Morgan fingerprint density at radius 1 is 1.12 bits per heavy atom. The molecule has 2 N–H and O–H groups in total. The van der Waals surface area contributed by atoms with Crippen molar-refractivity contribution in [1.82, 2.24) is 9.80 Å². The van der Waals surface area contributed by atoms with E-state index in [9.17, 15) is 18.3 Å². The van der Waals surface area contributed by atoms with Crippen molar-refractivity contribution < 1.29 is 23.1 Å². The Morgan fingerprint density at radius 3 is 2.49 bits per heavy atom. The van der Waals surface area contributed by atoms with Crippen molar-refractivity contribution in [1.29, 1.82) is 0 Å². The van der Waals surface area contributed by atoms with Crippen molar-refractivity contribution in [3.8, 4) is 5.75 Å². The molecule has 0 unspecified atom stereocenters. The third-order valence-electron chi connectivity index (χ3n) is 7.19. The fourth-order valence-electron chi connectivity index (χ4n) is 4.78. The number of halogens is 2. The quantitative estimate of drug-likeness (QED) is 0.330. The summed E-state index contributed by atoms with van der Waals surface area (Å²) in [7, 11) is -2.02. The number of carbonyl (C=O) groups excluding carboxylic acids is 1. The minimum absolute atomic E-state index is 0.0969. The average molecular weight is 621 g/mol. The van der Waals surface area contributed by atoms with Crippen molar-refractivity contribution in [2.45, 2.75) is 44.4 Å². The zero-order valence-corrected chi connectivity index (χ0v) is 25.8. The van der Waals surface area contributed by atoms with E-state index in [0.29, 0.717) is 29.7 Å². The van der Waals surface area contributed by atoms with Crippen LogP contribution in [0.2, 0.25) is 10.0 Å². The molecule has 0 fully saturated rings. The molecule has 1 aliphatic rings. The van der Waals surface area contributed by atoms with Crippen LogP contribution in [0.15, 0.2) is 65.6 Å². The van der Waals surface area contributed by atoms with Crippen molar-refractivity contribution in [3.05, 3.63) is 87.4 Å². The second kappa shape index (κ2) is 13.0. The standard InChI is InChI=1S/C30H35Cl2N3O5S/c1-19-8-11-23(12-9-19)41(38,39)33-27-7-5-6-24-29(27)40-28(20(2)15-35(30(24)37)21(3)18-36)17-34(4)16-22-10-13-25(31)26(32)14-22/h5-14,20-21,28,33,36H,15-18H2,1-4H3/t20-,21+,28+/m1/s1. The largest absolute Gasteiger partial charge is 0.486 e. The SMILES string of the molecule is Cc1ccc(S(=O)(=O)Nc2cccc3c2O[C@@H](CN(C)Cc2ccc(Cl)c(Cl)c2)[C@H](C)CN([C@@H](C)CO)C3=O)cc1. The number of hydrogen-bond acceptors (Lipinski definition) is 6. The first-order valence-electron chi connectivity index (χ1n) is 13.3. The molecule has 3 atom stereocenters. The van der Waals surface area contributed by atoms with E-state index in [4.69, 9.17) is 27.9 Å². The summed E-state index contributed by atoms with van der Waals surface area (Å²) in [6.45, 7) is 6.81. The van der Waals surface area contributed by atoms with Crippen LogP contribution < -0.4 is 9.46 Å². The van der Waals surface area contributed by atoms with Gasteiger partial charge >= 0.3 is 0 Å². The molecule has 0 radical (unpaired) electrons. The number of hydrogen-bond donors (Lipinski definition) is 2. The van der Waals surface area contributed by atoms with Gasteiger partial charge in [-0.2, -0.15) is 0 Å². The summed E-state index contributed by atoms with van der Waals surface area (Å²) in [6, 6.07) is 16.4. The van der Waals surface area contributed by atoms with Crippen molar-refractivity contribution >= 4 is 44.8 Å². The van der Waals surface area contributed by atoms with E-state index in [1.165, 1.54) is 12.1 Å². The number of aliphatic hydroxyl groups excluding tert-OH is 1. The number of rotatable bonds is 9. The molecule has 1 aliphatic heterocycles. The van der Waals surface area contributed by atoms with Gasteiger partial charge in [0.2, 0.25) is 0 Å². The van der Waals surface area contributed by atoms with Gasteiger partial charge in [-0.25, -0.2) is 8.42 Å². The number of ether oxygens (including phenoxy) is 1. The maximum Gasteiger partial charge on any atom is 0.262 e. The third kappa shape index (κ3) is 7.34. The van der Waals surface area contributed by atoms with Crippen molar-refractivity contribution in [2.75, 3.05) is 31.5 Å². The number of para-hydroxylation sites is 1. The van der Waals surface area contributed by atoms with E-state index in [1.807, 2.05) is 33.0 Å². The Kier molecular flexibility index (Phi) is 9.87. The number of benzene rings is 3. The summed E-state index contributed by atoms with van der Waals surface area (Å²) >= 11 is 12.3.